The molecule has 0 atom stereocenters. The number of para-hydroxylation sites is 1. The minimum absolute atomic E-state index is 0.0228. The van der Waals surface area contributed by atoms with E-state index in [1.165, 1.54) is 24.1 Å². The molecule has 0 bridgehead atoms. The summed E-state index contributed by atoms with van der Waals surface area (Å²) < 4.78 is 38.1. The number of nitrogens with zero attached hydrogens (tertiary/aromatic N) is 1. The Hall–Kier alpha value is -1.72. The van der Waals surface area contributed by atoms with E-state index in [1.54, 1.807) is 0 Å². The number of halogens is 3. The van der Waals surface area contributed by atoms with Crippen molar-refractivity contribution in [3.63, 3.8) is 0 Å². The fraction of sp³-hybridized carbons (Fsp3) is 0.300. The first kappa shape index (κ1) is 10.8. The van der Waals surface area contributed by atoms with Crippen molar-refractivity contribution in [3.05, 3.63) is 23.8 Å². The molecule has 0 spiro atoms. The van der Waals surface area contributed by atoms with Crippen molar-refractivity contribution in [3.8, 4) is 0 Å². The Morgan fingerprint density at radius 2 is 2.06 bits per heavy atom. The third-order valence-corrected chi connectivity index (χ3v) is 2.38. The van der Waals surface area contributed by atoms with E-state index >= 15 is 0 Å². The van der Waals surface area contributed by atoms with Crippen LogP contribution in [-0.4, -0.2) is 19.5 Å². The van der Waals surface area contributed by atoms with Gasteiger partial charge in [-0.2, -0.15) is 13.2 Å². The quantitative estimate of drug-likeness (QED) is 0.740. The van der Waals surface area contributed by atoms with Crippen molar-refractivity contribution in [2.75, 3.05) is 23.8 Å². The largest absolute Gasteiger partial charge is 0.418 e. The lowest BCUT2D eigenvalue weighted by Crippen LogP contribution is -2.36. The van der Waals surface area contributed by atoms with Crippen LogP contribution < -0.4 is 10.2 Å². The van der Waals surface area contributed by atoms with E-state index < -0.39 is 11.7 Å². The molecule has 1 aliphatic rings. The molecule has 6 heteroatoms. The summed E-state index contributed by atoms with van der Waals surface area (Å²) in [6.07, 6.45) is -4.42. The van der Waals surface area contributed by atoms with Crippen LogP contribution in [0, 0.1) is 0 Å². The SMILES string of the molecule is CN1CC(=O)Nc2cccc(C(F)(F)F)c21. The number of carbonyl (C=O) groups excluding carboxylic acids is 1. The third-order valence-electron chi connectivity index (χ3n) is 2.38. The Kier molecular flexibility index (Phi) is 2.29. The molecule has 0 unspecified atom stereocenters. The number of benzene rings is 1. The normalized spacial score (nSPS) is 15.8. The van der Waals surface area contributed by atoms with E-state index in [-0.39, 0.29) is 23.8 Å². The molecule has 0 radical (unpaired) electrons. The number of alkyl halides is 3. The zero-order chi connectivity index (χ0) is 11.9. The molecule has 1 aromatic carbocycles. The molecule has 1 aromatic rings. The smallest absolute Gasteiger partial charge is 0.363 e. The molecule has 1 N–H and O–H groups in total. The molecule has 3 nitrogen and oxygen atoms in total. The van der Waals surface area contributed by atoms with E-state index in [4.69, 9.17) is 0 Å². The average Bonchev–Trinajstić information content (AvgIpc) is 2.14. The molecular weight excluding hydrogens is 221 g/mol. The number of nitrogens with one attached hydrogen (secondary N) is 1. The van der Waals surface area contributed by atoms with E-state index in [2.05, 4.69) is 5.32 Å². The van der Waals surface area contributed by atoms with E-state index in [1.807, 2.05) is 0 Å². The Labute approximate surface area is 89.9 Å². The van der Waals surface area contributed by atoms with Crippen LogP contribution in [0.2, 0.25) is 0 Å². The Bertz CT molecular complexity index is 442. The summed E-state index contributed by atoms with van der Waals surface area (Å²) in [5.41, 5.74) is -0.504. The molecule has 1 heterocycles. The molecule has 2 rings (SSSR count). The maximum absolute atomic E-state index is 12.7. The maximum Gasteiger partial charge on any atom is 0.418 e. The molecule has 0 saturated heterocycles. The lowest BCUT2D eigenvalue weighted by molar-refractivity contribution is -0.137. The second-order valence-electron chi connectivity index (χ2n) is 3.60. The van der Waals surface area contributed by atoms with Crippen molar-refractivity contribution in [2.24, 2.45) is 0 Å². The molecule has 0 fully saturated rings. The summed E-state index contributed by atoms with van der Waals surface area (Å²) in [6, 6.07) is 3.74. The number of anilines is 2. The molecule has 16 heavy (non-hydrogen) atoms. The number of hydrogen-bond donors (Lipinski definition) is 1. The highest BCUT2D eigenvalue weighted by Crippen LogP contribution is 2.41. The summed E-state index contributed by atoms with van der Waals surface area (Å²) in [4.78, 5) is 12.5. The predicted octanol–water partition coefficient (Wildman–Crippen LogP) is 2.09. The Balaban J connectivity index is 2.59. The number of hydrogen-bond acceptors (Lipinski definition) is 2. The van der Waals surface area contributed by atoms with Crippen molar-refractivity contribution in [1.29, 1.82) is 0 Å². The van der Waals surface area contributed by atoms with Crippen molar-refractivity contribution < 1.29 is 18.0 Å². The highest BCUT2D eigenvalue weighted by atomic mass is 19.4. The zero-order valence-electron chi connectivity index (χ0n) is 8.43. The van der Waals surface area contributed by atoms with Gasteiger partial charge < -0.3 is 10.2 Å². The van der Waals surface area contributed by atoms with Gasteiger partial charge in [0, 0.05) is 7.05 Å². The van der Waals surface area contributed by atoms with Gasteiger partial charge in [0.2, 0.25) is 5.91 Å². The van der Waals surface area contributed by atoms with Gasteiger partial charge in [-0.15, -0.1) is 0 Å². The van der Waals surface area contributed by atoms with Crippen molar-refractivity contribution in [1.82, 2.24) is 0 Å². The summed E-state index contributed by atoms with van der Waals surface area (Å²) >= 11 is 0. The van der Waals surface area contributed by atoms with E-state index in [0.717, 1.165) is 6.07 Å². The number of amides is 1. The van der Waals surface area contributed by atoms with Gasteiger partial charge in [0.05, 0.1) is 23.5 Å². The molecule has 86 valence electrons. The highest BCUT2D eigenvalue weighted by Gasteiger charge is 2.37. The van der Waals surface area contributed by atoms with Gasteiger partial charge in [0.1, 0.15) is 0 Å². The van der Waals surface area contributed by atoms with Gasteiger partial charge in [-0.1, -0.05) is 6.07 Å². The third kappa shape index (κ3) is 1.70. The van der Waals surface area contributed by atoms with Crippen LogP contribution in [0.4, 0.5) is 24.5 Å². The van der Waals surface area contributed by atoms with E-state index in [0.29, 0.717) is 0 Å². The van der Waals surface area contributed by atoms with Crippen LogP contribution in [0.25, 0.3) is 0 Å². The van der Waals surface area contributed by atoms with Gasteiger partial charge in [-0.3, -0.25) is 4.79 Å². The predicted molar refractivity (Wildman–Crippen MR) is 53.3 cm³/mol. The average molecular weight is 230 g/mol. The lowest BCUT2D eigenvalue weighted by Gasteiger charge is -2.30. The first-order chi connectivity index (χ1) is 7.39. The second-order valence-corrected chi connectivity index (χ2v) is 3.60. The van der Waals surface area contributed by atoms with Gasteiger partial charge in [-0.05, 0) is 12.1 Å². The van der Waals surface area contributed by atoms with Crippen LogP contribution >= 0.6 is 0 Å². The van der Waals surface area contributed by atoms with Crippen molar-refractivity contribution in [2.45, 2.75) is 6.18 Å². The summed E-state index contributed by atoms with van der Waals surface area (Å²) in [5, 5.41) is 2.42. The number of fused-ring (bicyclic) bond motifs is 1. The van der Waals surface area contributed by atoms with Gasteiger partial charge in [0.15, 0.2) is 0 Å². The fourth-order valence-corrected chi connectivity index (χ4v) is 1.77. The maximum atomic E-state index is 12.7. The highest BCUT2D eigenvalue weighted by molar-refractivity contribution is 6.01. The van der Waals surface area contributed by atoms with Gasteiger partial charge in [-0.25, -0.2) is 0 Å². The first-order valence-electron chi connectivity index (χ1n) is 4.61. The minimum Gasteiger partial charge on any atom is -0.363 e. The molecule has 0 aliphatic carbocycles. The second kappa shape index (κ2) is 3.40. The lowest BCUT2D eigenvalue weighted by atomic mass is 10.1. The summed E-state index contributed by atoms with van der Waals surface area (Å²) in [5.74, 6) is -0.311. The summed E-state index contributed by atoms with van der Waals surface area (Å²) in [6.45, 7) is -0.0694. The van der Waals surface area contributed by atoms with Crippen LogP contribution in [0.1, 0.15) is 5.56 Å². The Morgan fingerprint density at radius 3 is 2.69 bits per heavy atom. The van der Waals surface area contributed by atoms with E-state index in [9.17, 15) is 18.0 Å². The molecular formula is C10H9F3N2O. The molecule has 1 aliphatic heterocycles. The van der Waals surface area contributed by atoms with Crippen LogP contribution in [0.5, 0.6) is 0 Å². The van der Waals surface area contributed by atoms with Crippen LogP contribution in [0.3, 0.4) is 0 Å². The Morgan fingerprint density at radius 1 is 1.38 bits per heavy atom. The fourth-order valence-electron chi connectivity index (χ4n) is 1.77. The van der Waals surface area contributed by atoms with Crippen molar-refractivity contribution >= 4 is 17.3 Å². The van der Waals surface area contributed by atoms with Gasteiger partial charge in [0.25, 0.3) is 0 Å². The monoisotopic (exact) mass is 230 g/mol. The van der Waals surface area contributed by atoms with Gasteiger partial charge >= 0.3 is 6.18 Å². The van der Waals surface area contributed by atoms with Crippen LogP contribution in [-0.2, 0) is 11.0 Å². The van der Waals surface area contributed by atoms with Crippen LogP contribution in [0.15, 0.2) is 18.2 Å². The minimum atomic E-state index is -4.42. The summed E-state index contributed by atoms with van der Waals surface area (Å²) in [7, 11) is 1.47. The molecule has 1 amide bonds. The number of carbonyl (C=O) groups is 1. The number of likely N-dealkylation sites (N-methyl/N-ethyl adjacent to an activating group) is 1. The molecule has 0 aromatic heterocycles. The molecule has 0 saturated carbocycles. The topological polar surface area (TPSA) is 32.3 Å². The zero-order valence-corrected chi connectivity index (χ0v) is 8.43. The number of rotatable bonds is 0. The standard InChI is InChI=1S/C10H9F3N2O/c1-15-5-8(16)14-7-4-2-3-6(9(7)15)10(11,12)13/h2-4H,5H2,1H3,(H,14,16). The first-order valence-corrected chi connectivity index (χ1v) is 4.61.